The smallest absolute Gasteiger partial charge is 0.320 e. The Hall–Kier alpha value is -4.82. The summed E-state index contributed by atoms with van der Waals surface area (Å²) in [5, 5.41) is 22.4. The van der Waals surface area contributed by atoms with Crippen molar-refractivity contribution in [2.45, 2.75) is 37.8 Å². The van der Waals surface area contributed by atoms with E-state index < -0.39 is 17.8 Å². The molecule has 0 spiro atoms. The summed E-state index contributed by atoms with van der Waals surface area (Å²) in [6.07, 6.45) is 3.35. The van der Waals surface area contributed by atoms with Crippen LogP contribution in [0.1, 0.15) is 25.7 Å². The second-order valence-electron chi connectivity index (χ2n) is 11.4. The first kappa shape index (κ1) is 29.3. The molecule has 2 aromatic heterocycles. The third-order valence-electron chi connectivity index (χ3n) is 8.57. The number of hydrogen-bond donors (Lipinski definition) is 1. The molecule has 2 aromatic carbocycles. The van der Waals surface area contributed by atoms with Gasteiger partial charge in [0.2, 0.25) is 0 Å². The van der Waals surface area contributed by atoms with E-state index in [9.17, 15) is 19.6 Å². The molecule has 10 nitrogen and oxygen atoms in total. The fourth-order valence-corrected chi connectivity index (χ4v) is 6.21. The van der Waals surface area contributed by atoms with E-state index in [0.29, 0.717) is 35.7 Å². The highest BCUT2D eigenvalue weighted by Gasteiger charge is 2.33. The fourth-order valence-electron chi connectivity index (χ4n) is 6.21. The Labute approximate surface area is 255 Å². The topological polar surface area (TPSA) is 119 Å². The molecule has 2 aliphatic heterocycles. The van der Waals surface area contributed by atoms with Crippen LogP contribution in [0.3, 0.4) is 0 Å². The van der Waals surface area contributed by atoms with Gasteiger partial charge in [0.1, 0.15) is 18.2 Å². The zero-order valence-electron chi connectivity index (χ0n) is 24.6. The summed E-state index contributed by atoms with van der Waals surface area (Å²) in [5.74, 6) is -1.15. The van der Waals surface area contributed by atoms with Crippen molar-refractivity contribution in [2.75, 3.05) is 44.7 Å². The minimum atomic E-state index is -1.05. The zero-order valence-corrected chi connectivity index (χ0v) is 24.6. The maximum Gasteiger partial charge on any atom is 0.320 e. The number of rotatable bonds is 7. The highest BCUT2D eigenvalue weighted by molar-refractivity contribution is 5.98. The van der Waals surface area contributed by atoms with Crippen LogP contribution in [0.4, 0.5) is 10.2 Å². The molecule has 0 unspecified atom stereocenters. The first-order chi connectivity index (χ1) is 21.3. The quantitative estimate of drug-likeness (QED) is 0.300. The van der Waals surface area contributed by atoms with Crippen molar-refractivity contribution in [1.82, 2.24) is 24.8 Å². The van der Waals surface area contributed by atoms with E-state index in [4.69, 9.17) is 19.7 Å². The number of likely N-dealkylation sites (N-methyl/N-ethyl adjacent to an activating group) is 1. The molecule has 0 bridgehead atoms. The number of piperidine rings is 1. The Bertz CT molecular complexity index is 1770. The van der Waals surface area contributed by atoms with Gasteiger partial charge in [0.05, 0.1) is 29.6 Å². The number of nitriles is 1. The molecule has 2 fully saturated rings. The van der Waals surface area contributed by atoms with Crippen molar-refractivity contribution < 1.29 is 19.0 Å². The number of piperazine rings is 1. The van der Waals surface area contributed by atoms with Gasteiger partial charge in [-0.15, -0.1) is 0 Å². The number of halogens is 1. The van der Waals surface area contributed by atoms with Crippen LogP contribution in [0.2, 0.25) is 0 Å². The third kappa shape index (κ3) is 5.85. The molecule has 0 aliphatic carbocycles. The third-order valence-corrected chi connectivity index (χ3v) is 8.57. The van der Waals surface area contributed by atoms with Gasteiger partial charge >= 0.3 is 6.01 Å². The number of nitrogens with zero attached hydrogens (tertiary/aromatic N) is 7. The number of phenolic OH excluding ortho intramolecular Hbond substituents is 1. The number of benzene rings is 2. The molecule has 0 saturated carbocycles. The normalized spacial score (nSPS) is 19.2. The Morgan fingerprint density at radius 1 is 1.09 bits per heavy atom. The van der Waals surface area contributed by atoms with Gasteiger partial charge in [-0.05, 0) is 61.5 Å². The molecule has 6 rings (SSSR count). The molecule has 1 amide bonds. The Morgan fingerprint density at radius 3 is 2.73 bits per heavy atom. The van der Waals surface area contributed by atoms with Crippen LogP contribution in [0.5, 0.6) is 11.8 Å². The molecule has 0 radical (unpaired) electrons. The van der Waals surface area contributed by atoms with Crippen LogP contribution >= 0.6 is 0 Å². The monoisotopic (exact) mass is 595 g/mol. The van der Waals surface area contributed by atoms with Crippen LogP contribution in [0, 0.1) is 11.3 Å². The standard InChI is InChI=1S/C33H34FN7O3/c1-21(34)32(43)41-16-15-40(19-23(41)12-13-35)31-27-10-11-29(28-18-25(42)17-22-7-3-4-9-26(22)28)36-30(27)37-33(38-31)44-20-24-8-5-6-14-39(24)2/h3-4,7,9-11,17-18,23-24,42H,1,5-6,8,12,14-16,19-20H2,2H3/t23-,24-/m0/s1. The van der Waals surface area contributed by atoms with Crippen molar-refractivity contribution >= 4 is 33.5 Å². The maximum atomic E-state index is 13.8. The summed E-state index contributed by atoms with van der Waals surface area (Å²) < 4.78 is 20.0. The highest BCUT2D eigenvalue weighted by Crippen LogP contribution is 2.35. The van der Waals surface area contributed by atoms with Crippen molar-refractivity contribution in [1.29, 1.82) is 5.26 Å². The van der Waals surface area contributed by atoms with Gasteiger partial charge in [-0.1, -0.05) is 37.3 Å². The van der Waals surface area contributed by atoms with E-state index in [1.807, 2.05) is 41.3 Å². The lowest BCUT2D eigenvalue weighted by atomic mass is 10.0. The van der Waals surface area contributed by atoms with Crippen molar-refractivity contribution in [3.05, 3.63) is 60.9 Å². The number of ether oxygens (including phenoxy) is 1. The maximum absolute atomic E-state index is 13.8. The Kier molecular flexibility index (Phi) is 8.26. The lowest BCUT2D eigenvalue weighted by Gasteiger charge is -2.41. The molecule has 11 heteroatoms. The van der Waals surface area contributed by atoms with Gasteiger partial charge in [0.15, 0.2) is 11.5 Å². The molecule has 2 atom stereocenters. The minimum absolute atomic E-state index is 0.0306. The largest absolute Gasteiger partial charge is 0.508 e. The van der Waals surface area contributed by atoms with Crippen LogP contribution in [-0.2, 0) is 4.79 Å². The molecule has 2 aliphatic rings. The first-order valence-corrected chi connectivity index (χ1v) is 14.8. The van der Waals surface area contributed by atoms with E-state index in [0.717, 1.165) is 42.1 Å². The number of hydrogen-bond acceptors (Lipinski definition) is 9. The van der Waals surface area contributed by atoms with Crippen molar-refractivity contribution in [3.63, 3.8) is 0 Å². The SMILES string of the molecule is C=C(F)C(=O)N1CCN(c2nc(OC[C@@H]3CCCCN3C)nc3nc(-c4cc(O)cc5ccccc45)ccc23)C[C@@H]1CC#N. The van der Waals surface area contributed by atoms with Gasteiger partial charge < -0.3 is 24.5 Å². The van der Waals surface area contributed by atoms with Crippen molar-refractivity contribution in [2.24, 2.45) is 0 Å². The second-order valence-corrected chi connectivity index (χ2v) is 11.4. The van der Waals surface area contributed by atoms with Gasteiger partial charge in [0.25, 0.3) is 5.91 Å². The van der Waals surface area contributed by atoms with Crippen LogP contribution in [-0.4, -0.2) is 87.7 Å². The zero-order chi connectivity index (χ0) is 30.8. The summed E-state index contributed by atoms with van der Waals surface area (Å²) in [6, 6.07) is 17.0. The summed E-state index contributed by atoms with van der Waals surface area (Å²) in [6.45, 7) is 5.42. The first-order valence-electron chi connectivity index (χ1n) is 14.8. The van der Waals surface area contributed by atoms with E-state index in [1.54, 1.807) is 12.1 Å². The van der Waals surface area contributed by atoms with Crippen molar-refractivity contribution in [3.8, 4) is 29.1 Å². The summed E-state index contributed by atoms with van der Waals surface area (Å²) in [5.41, 5.74) is 1.81. The lowest BCUT2D eigenvalue weighted by Crippen LogP contribution is -2.55. The predicted octanol–water partition coefficient (Wildman–Crippen LogP) is 4.83. The summed E-state index contributed by atoms with van der Waals surface area (Å²) in [7, 11) is 2.09. The van der Waals surface area contributed by atoms with Gasteiger partial charge in [0, 0.05) is 31.2 Å². The lowest BCUT2D eigenvalue weighted by molar-refractivity contribution is -0.131. The Balaban J connectivity index is 1.41. The number of aromatic hydroxyl groups is 1. The number of likely N-dealkylation sites (tertiary alicyclic amines) is 1. The number of aromatic nitrogens is 3. The van der Waals surface area contributed by atoms with Gasteiger partial charge in [-0.25, -0.2) is 9.37 Å². The minimum Gasteiger partial charge on any atom is -0.508 e. The number of pyridine rings is 1. The molecule has 4 aromatic rings. The molecule has 226 valence electrons. The number of carbonyl (C=O) groups is 1. The number of anilines is 1. The van der Waals surface area contributed by atoms with Gasteiger partial charge in [-0.2, -0.15) is 15.2 Å². The average Bonchev–Trinajstić information content (AvgIpc) is 3.03. The molecule has 4 heterocycles. The average molecular weight is 596 g/mol. The summed E-state index contributed by atoms with van der Waals surface area (Å²) in [4.78, 5) is 32.6. The Morgan fingerprint density at radius 2 is 1.93 bits per heavy atom. The fraction of sp³-hybridized carbons (Fsp3) is 0.364. The van der Waals surface area contributed by atoms with Crippen LogP contribution < -0.4 is 9.64 Å². The number of amides is 1. The number of carbonyl (C=O) groups excluding carboxylic acids is 1. The number of phenols is 1. The molecule has 1 N–H and O–H groups in total. The van der Waals surface area contributed by atoms with E-state index in [2.05, 4.69) is 24.6 Å². The second kappa shape index (κ2) is 12.4. The highest BCUT2D eigenvalue weighted by atomic mass is 19.1. The van der Waals surface area contributed by atoms with E-state index in [-0.39, 0.29) is 37.3 Å². The van der Waals surface area contributed by atoms with Crippen LogP contribution in [0.15, 0.2) is 60.9 Å². The summed E-state index contributed by atoms with van der Waals surface area (Å²) >= 11 is 0. The number of fused-ring (bicyclic) bond motifs is 2. The molecule has 2 saturated heterocycles. The van der Waals surface area contributed by atoms with Gasteiger partial charge in [-0.3, -0.25) is 4.79 Å². The van der Waals surface area contributed by atoms with E-state index >= 15 is 0 Å². The van der Waals surface area contributed by atoms with Crippen LogP contribution in [0.25, 0.3) is 33.1 Å². The molecule has 44 heavy (non-hydrogen) atoms. The molecular weight excluding hydrogens is 561 g/mol. The molecular formula is C33H34FN7O3. The van der Waals surface area contributed by atoms with E-state index in [1.165, 1.54) is 4.90 Å². The predicted molar refractivity (Wildman–Crippen MR) is 166 cm³/mol.